The van der Waals surface area contributed by atoms with Crippen molar-refractivity contribution < 1.29 is 8.42 Å². The lowest BCUT2D eigenvalue weighted by Crippen LogP contribution is -2.06. The molecule has 2 aromatic carbocycles. The quantitative estimate of drug-likeness (QED) is 0.518. The van der Waals surface area contributed by atoms with Gasteiger partial charge in [0.1, 0.15) is 0 Å². The molecule has 0 aliphatic rings. The van der Waals surface area contributed by atoms with Gasteiger partial charge >= 0.3 is 0 Å². The predicted molar refractivity (Wildman–Crippen MR) is 110 cm³/mol. The number of aromatic nitrogens is 1. The third kappa shape index (κ3) is 3.29. The molecule has 0 aliphatic heterocycles. The van der Waals surface area contributed by atoms with Crippen molar-refractivity contribution in [2.45, 2.75) is 4.90 Å². The number of hydrogen-bond acceptors (Lipinski definition) is 5. The molecule has 0 fully saturated rings. The zero-order valence-corrected chi connectivity index (χ0v) is 16.0. The smallest absolute Gasteiger partial charge is 0.196 e. The number of fused-ring (bicyclic) bond motifs is 1. The van der Waals surface area contributed by atoms with Crippen LogP contribution in [0.25, 0.3) is 31.7 Å². The van der Waals surface area contributed by atoms with E-state index in [1.165, 1.54) is 17.6 Å². The second kappa shape index (κ2) is 6.72. The third-order valence-corrected chi connectivity index (χ3v) is 6.66. The molecule has 0 spiro atoms. The summed E-state index contributed by atoms with van der Waals surface area (Å²) in [6, 6.07) is 17.8. The molecule has 0 N–H and O–H groups in total. The molecular weight excluding hydrogens is 378 g/mol. The molecular formula is C21H15NO3S2. The summed E-state index contributed by atoms with van der Waals surface area (Å²) in [6.07, 6.45) is 4.50. The third-order valence-electron chi connectivity index (χ3n) is 4.31. The van der Waals surface area contributed by atoms with Crippen LogP contribution in [0.3, 0.4) is 0 Å². The van der Waals surface area contributed by atoms with Gasteiger partial charge in [0.05, 0.1) is 4.90 Å². The van der Waals surface area contributed by atoms with Crippen molar-refractivity contribution in [2.75, 3.05) is 6.26 Å². The topological polar surface area (TPSA) is 64.1 Å². The summed E-state index contributed by atoms with van der Waals surface area (Å²) in [5.41, 5.74) is 2.16. The first kappa shape index (κ1) is 17.6. The Balaban J connectivity index is 2.03. The van der Waals surface area contributed by atoms with Gasteiger partial charge < -0.3 is 0 Å². The molecule has 27 heavy (non-hydrogen) atoms. The Hall–Kier alpha value is -2.83. The van der Waals surface area contributed by atoms with Gasteiger partial charge in [0.2, 0.25) is 0 Å². The van der Waals surface area contributed by atoms with Crippen molar-refractivity contribution in [3.63, 3.8) is 0 Å². The number of nitrogens with zero attached hydrogens (tertiary/aromatic N) is 1. The lowest BCUT2D eigenvalue weighted by atomic mass is 10.0. The van der Waals surface area contributed by atoms with Gasteiger partial charge in [-0.15, -0.1) is 11.3 Å². The van der Waals surface area contributed by atoms with Crippen LogP contribution in [0.2, 0.25) is 0 Å². The molecule has 0 saturated carbocycles. The van der Waals surface area contributed by atoms with Gasteiger partial charge in [-0.3, -0.25) is 9.78 Å². The van der Waals surface area contributed by atoms with Gasteiger partial charge in [0, 0.05) is 39.2 Å². The number of rotatable bonds is 3. The minimum absolute atomic E-state index is 0.0438. The molecule has 0 saturated heterocycles. The normalized spacial score (nSPS) is 11.6. The molecule has 2 aromatic heterocycles. The monoisotopic (exact) mass is 393 g/mol. The fraction of sp³-hybridized carbons (Fsp3) is 0.0476. The standard InChI is InChI=1S/C21H15NO3S2/c1-27(24,25)16-8-6-15(7-9-16)21-19(14-10-12-22-13-11-14)20(23)17-4-2-3-5-18(17)26-21/h2-13H,1H3. The lowest BCUT2D eigenvalue weighted by Gasteiger charge is -2.11. The van der Waals surface area contributed by atoms with Crippen molar-refractivity contribution >= 4 is 31.3 Å². The van der Waals surface area contributed by atoms with Gasteiger partial charge in [-0.05, 0) is 47.5 Å². The summed E-state index contributed by atoms with van der Waals surface area (Å²) in [4.78, 5) is 18.3. The minimum Gasteiger partial charge on any atom is -0.288 e. The van der Waals surface area contributed by atoms with Gasteiger partial charge in [-0.2, -0.15) is 0 Å². The highest BCUT2D eigenvalue weighted by Gasteiger charge is 2.16. The molecule has 4 nitrogen and oxygen atoms in total. The maximum Gasteiger partial charge on any atom is 0.196 e. The van der Waals surface area contributed by atoms with Crippen LogP contribution >= 0.6 is 11.3 Å². The molecule has 134 valence electrons. The van der Waals surface area contributed by atoms with E-state index in [4.69, 9.17) is 0 Å². The number of sulfone groups is 1. The minimum atomic E-state index is -3.27. The molecule has 0 amide bonds. The number of benzene rings is 2. The second-order valence-corrected chi connectivity index (χ2v) is 9.23. The van der Waals surface area contributed by atoms with Crippen LogP contribution in [-0.2, 0) is 9.84 Å². The largest absolute Gasteiger partial charge is 0.288 e. The first-order chi connectivity index (χ1) is 12.9. The first-order valence-electron chi connectivity index (χ1n) is 8.22. The molecule has 0 atom stereocenters. The van der Waals surface area contributed by atoms with Crippen molar-refractivity contribution in [3.8, 4) is 21.6 Å². The van der Waals surface area contributed by atoms with Gasteiger partial charge in [-0.1, -0.05) is 24.3 Å². The maximum absolute atomic E-state index is 13.2. The van der Waals surface area contributed by atoms with E-state index in [-0.39, 0.29) is 10.3 Å². The Morgan fingerprint density at radius 1 is 0.852 bits per heavy atom. The molecule has 4 aromatic rings. The molecule has 6 heteroatoms. The van der Waals surface area contributed by atoms with E-state index < -0.39 is 9.84 Å². The summed E-state index contributed by atoms with van der Waals surface area (Å²) in [5.74, 6) is 0. The summed E-state index contributed by atoms with van der Waals surface area (Å²) < 4.78 is 24.4. The summed E-state index contributed by atoms with van der Waals surface area (Å²) in [5, 5.41) is 0.672. The Labute approximate surface area is 160 Å². The average Bonchev–Trinajstić information content (AvgIpc) is 2.68. The van der Waals surface area contributed by atoms with Crippen molar-refractivity contribution in [1.29, 1.82) is 0 Å². The summed E-state index contributed by atoms with van der Waals surface area (Å²) in [6.45, 7) is 0. The van der Waals surface area contributed by atoms with E-state index in [0.717, 1.165) is 20.7 Å². The highest BCUT2D eigenvalue weighted by Crippen LogP contribution is 2.36. The van der Waals surface area contributed by atoms with E-state index in [1.54, 1.807) is 36.7 Å². The number of pyridine rings is 1. The van der Waals surface area contributed by atoms with E-state index >= 15 is 0 Å². The van der Waals surface area contributed by atoms with E-state index in [2.05, 4.69) is 4.98 Å². The van der Waals surface area contributed by atoms with Gasteiger partial charge in [0.25, 0.3) is 0 Å². The summed E-state index contributed by atoms with van der Waals surface area (Å²) in [7, 11) is -3.27. The molecule has 0 radical (unpaired) electrons. The van der Waals surface area contributed by atoms with E-state index in [9.17, 15) is 13.2 Å². The van der Waals surface area contributed by atoms with Gasteiger partial charge in [0.15, 0.2) is 15.3 Å². The zero-order valence-electron chi connectivity index (χ0n) is 14.4. The zero-order chi connectivity index (χ0) is 19.0. The molecule has 4 rings (SSSR count). The van der Waals surface area contributed by atoms with Crippen molar-refractivity contribution in [2.24, 2.45) is 0 Å². The Kier molecular flexibility index (Phi) is 4.37. The second-order valence-electron chi connectivity index (χ2n) is 6.16. The van der Waals surface area contributed by atoms with Crippen LogP contribution in [0, 0.1) is 0 Å². The van der Waals surface area contributed by atoms with Gasteiger partial charge in [-0.25, -0.2) is 8.42 Å². The Morgan fingerprint density at radius 3 is 2.19 bits per heavy atom. The maximum atomic E-state index is 13.2. The van der Waals surface area contributed by atoms with E-state index in [1.807, 2.05) is 36.4 Å². The van der Waals surface area contributed by atoms with Crippen LogP contribution in [0.4, 0.5) is 0 Å². The highest BCUT2D eigenvalue weighted by molar-refractivity contribution is 7.90. The SMILES string of the molecule is CS(=O)(=O)c1ccc(-c2sc3ccccc3c(=O)c2-c2ccncc2)cc1. The summed E-state index contributed by atoms with van der Waals surface area (Å²) >= 11 is 1.52. The molecule has 0 aliphatic carbocycles. The first-order valence-corrected chi connectivity index (χ1v) is 10.9. The van der Waals surface area contributed by atoms with E-state index in [0.29, 0.717) is 10.9 Å². The number of hydrogen-bond donors (Lipinski definition) is 0. The van der Waals surface area contributed by atoms with Crippen LogP contribution in [0.1, 0.15) is 0 Å². The average molecular weight is 393 g/mol. The van der Waals surface area contributed by atoms with Crippen LogP contribution < -0.4 is 5.43 Å². The highest BCUT2D eigenvalue weighted by atomic mass is 32.2. The van der Waals surface area contributed by atoms with Crippen LogP contribution in [-0.4, -0.2) is 19.7 Å². The predicted octanol–water partition coefficient (Wildman–Crippen LogP) is 4.39. The van der Waals surface area contributed by atoms with Crippen LogP contribution in [0.5, 0.6) is 0 Å². The fourth-order valence-electron chi connectivity index (χ4n) is 2.98. The fourth-order valence-corrected chi connectivity index (χ4v) is 4.81. The van der Waals surface area contributed by atoms with Crippen LogP contribution in [0.15, 0.2) is 82.7 Å². The lowest BCUT2D eigenvalue weighted by molar-refractivity contribution is 0.602. The molecule has 0 unspecified atom stereocenters. The Bertz CT molecular complexity index is 1290. The van der Waals surface area contributed by atoms with Crippen molar-refractivity contribution in [3.05, 3.63) is 83.3 Å². The van der Waals surface area contributed by atoms with Crippen molar-refractivity contribution in [1.82, 2.24) is 4.98 Å². The molecule has 2 heterocycles. The Morgan fingerprint density at radius 2 is 1.52 bits per heavy atom. The molecule has 0 bridgehead atoms.